The van der Waals surface area contributed by atoms with Crippen molar-refractivity contribution in [2.75, 3.05) is 0 Å². The van der Waals surface area contributed by atoms with Crippen molar-refractivity contribution in [3.05, 3.63) is 50.1 Å². The number of nitrogens with two attached hydrogens (primary N) is 1. The Balaban J connectivity index is 2.17. The highest BCUT2D eigenvalue weighted by Crippen LogP contribution is 2.23. The van der Waals surface area contributed by atoms with Crippen molar-refractivity contribution in [3.8, 4) is 0 Å². The number of rotatable bonds is 3. The summed E-state index contributed by atoms with van der Waals surface area (Å²) in [5, 5.41) is 2.91. The minimum atomic E-state index is -0.353. The molecule has 0 aliphatic rings. The summed E-state index contributed by atoms with van der Waals surface area (Å²) in [6.45, 7) is 1.94. The molecular weight excluding hydrogens is 303 g/mol. The molecule has 0 saturated carbocycles. The molecule has 5 heteroatoms. The number of hydrogen-bond acceptors (Lipinski definition) is 3. The minimum absolute atomic E-state index is 0.278. The second kappa shape index (κ2) is 5.25. The molecule has 0 amide bonds. The smallest absolute Gasteiger partial charge is 0.129 e. The van der Waals surface area contributed by atoms with Crippen molar-refractivity contribution in [1.29, 1.82) is 0 Å². The number of halogens is 2. The second-order valence-corrected chi connectivity index (χ2v) is 5.72. The Hall–Kier alpha value is -0.780. The van der Waals surface area contributed by atoms with E-state index in [0.717, 1.165) is 15.2 Å². The quantitative estimate of drug-likeness (QED) is 0.940. The fraction of sp³-hybridized carbons (Fsp3) is 0.250. The van der Waals surface area contributed by atoms with Crippen molar-refractivity contribution in [1.82, 2.24) is 4.98 Å². The van der Waals surface area contributed by atoms with E-state index in [4.69, 9.17) is 5.73 Å². The average molecular weight is 315 g/mol. The first-order chi connectivity index (χ1) is 8.06. The number of benzene rings is 1. The molecule has 0 radical (unpaired) electrons. The fourth-order valence-electron chi connectivity index (χ4n) is 1.60. The van der Waals surface area contributed by atoms with Gasteiger partial charge in [-0.2, -0.15) is 0 Å². The van der Waals surface area contributed by atoms with Crippen LogP contribution in [-0.4, -0.2) is 4.98 Å². The molecule has 17 heavy (non-hydrogen) atoms. The first kappa shape index (κ1) is 12.7. The number of hydrogen-bond donors (Lipinski definition) is 1. The number of aromatic nitrogens is 1. The van der Waals surface area contributed by atoms with Gasteiger partial charge in [-0.1, -0.05) is 22.0 Å². The maximum Gasteiger partial charge on any atom is 0.129 e. The van der Waals surface area contributed by atoms with Crippen LogP contribution in [0.25, 0.3) is 0 Å². The zero-order valence-electron chi connectivity index (χ0n) is 9.28. The fourth-order valence-corrected chi connectivity index (χ4v) is 2.76. The maximum absolute atomic E-state index is 13.7. The van der Waals surface area contributed by atoms with Crippen LogP contribution in [0.1, 0.15) is 22.3 Å². The van der Waals surface area contributed by atoms with Crippen molar-refractivity contribution >= 4 is 27.3 Å². The maximum atomic E-state index is 13.7. The third kappa shape index (κ3) is 3.12. The Morgan fingerprint density at radius 2 is 2.29 bits per heavy atom. The van der Waals surface area contributed by atoms with Crippen molar-refractivity contribution in [2.24, 2.45) is 5.73 Å². The van der Waals surface area contributed by atoms with Gasteiger partial charge in [-0.25, -0.2) is 9.37 Å². The number of aryl methyl sites for hydroxylation is 1. The number of nitrogens with zero attached hydrogens (tertiary/aromatic N) is 1. The van der Waals surface area contributed by atoms with Crippen molar-refractivity contribution in [3.63, 3.8) is 0 Å². The van der Waals surface area contributed by atoms with Crippen LogP contribution in [0.4, 0.5) is 4.39 Å². The molecule has 2 aromatic rings. The van der Waals surface area contributed by atoms with Crippen LogP contribution in [0.2, 0.25) is 0 Å². The van der Waals surface area contributed by atoms with E-state index in [2.05, 4.69) is 20.9 Å². The Morgan fingerprint density at radius 1 is 1.53 bits per heavy atom. The van der Waals surface area contributed by atoms with Gasteiger partial charge in [-0.15, -0.1) is 11.3 Å². The second-order valence-electron chi connectivity index (χ2n) is 3.86. The Kier molecular flexibility index (Phi) is 3.91. The van der Waals surface area contributed by atoms with Crippen LogP contribution in [0.15, 0.2) is 28.1 Å². The number of thiazole rings is 1. The van der Waals surface area contributed by atoms with Crippen LogP contribution in [0, 0.1) is 12.7 Å². The summed E-state index contributed by atoms with van der Waals surface area (Å²) < 4.78 is 14.4. The highest BCUT2D eigenvalue weighted by molar-refractivity contribution is 9.10. The van der Waals surface area contributed by atoms with Gasteiger partial charge in [0.05, 0.1) is 5.01 Å². The van der Waals surface area contributed by atoms with Gasteiger partial charge in [0.2, 0.25) is 0 Å². The lowest BCUT2D eigenvalue weighted by atomic mass is 10.0. The summed E-state index contributed by atoms with van der Waals surface area (Å²) in [4.78, 5) is 4.33. The van der Waals surface area contributed by atoms with Gasteiger partial charge < -0.3 is 5.73 Å². The van der Waals surface area contributed by atoms with Crippen LogP contribution in [0.5, 0.6) is 0 Å². The lowest BCUT2D eigenvalue weighted by molar-refractivity contribution is 0.579. The third-order valence-corrected chi connectivity index (χ3v) is 3.91. The zero-order chi connectivity index (χ0) is 12.4. The SMILES string of the molecule is Cc1csc(CC(N)c2ccc(Br)cc2F)n1. The standard InChI is InChI=1S/C12H12BrFN2S/c1-7-6-17-12(16-7)5-11(15)9-3-2-8(13)4-10(9)14/h2-4,6,11H,5,15H2,1H3. The summed E-state index contributed by atoms with van der Waals surface area (Å²) in [5.41, 5.74) is 7.51. The van der Waals surface area contributed by atoms with Crippen LogP contribution >= 0.6 is 27.3 Å². The molecular formula is C12H12BrFN2S. The van der Waals surface area contributed by atoms with Crippen LogP contribution in [0.3, 0.4) is 0 Å². The van der Waals surface area contributed by atoms with Gasteiger partial charge in [0, 0.05) is 33.6 Å². The summed E-state index contributed by atoms with van der Waals surface area (Å²) in [5.74, 6) is -0.278. The first-order valence-corrected chi connectivity index (χ1v) is 6.85. The van der Waals surface area contributed by atoms with Gasteiger partial charge in [0.1, 0.15) is 5.82 Å². The molecule has 0 spiro atoms. The molecule has 1 unspecified atom stereocenters. The van der Waals surface area contributed by atoms with Gasteiger partial charge in [-0.05, 0) is 19.1 Å². The molecule has 1 aromatic heterocycles. The molecule has 2 rings (SSSR count). The van der Waals surface area contributed by atoms with E-state index in [-0.39, 0.29) is 11.9 Å². The molecule has 0 fully saturated rings. The van der Waals surface area contributed by atoms with E-state index in [1.54, 1.807) is 23.5 Å². The van der Waals surface area contributed by atoms with Gasteiger partial charge >= 0.3 is 0 Å². The minimum Gasteiger partial charge on any atom is -0.324 e. The Bertz CT molecular complexity index is 527. The third-order valence-electron chi connectivity index (χ3n) is 2.42. The summed E-state index contributed by atoms with van der Waals surface area (Å²) >= 11 is 4.78. The lowest BCUT2D eigenvalue weighted by Crippen LogP contribution is -2.14. The van der Waals surface area contributed by atoms with Gasteiger partial charge in [0.25, 0.3) is 0 Å². The molecule has 90 valence electrons. The summed E-state index contributed by atoms with van der Waals surface area (Å²) in [7, 11) is 0. The monoisotopic (exact) mass is 314 g/mol. The molecule has 2 N–H and O–H groups in total. The molecule has 0 bridgehead atoms. The molecule has 0 aliphatic carbocycles. The Labute approximate surface area is 112 Å². The van der Waals surface area contributed by atoms with Crippen molar-refractivity contribution in [2.45, 2.75) is 19.4 Å². The van der Waals surface area contributed by atoms with E-state index in [1.165, 1.54) is 6.07 Å². The van der Waals surface area contributed by atoms with E-state index in [9.17, 15) is 4.39 Å². The molecule has 2 nitrogen and oxygen atoms in total. The van der Waals surface area contributed by atoms with Gasteiger partial charge in [0.15, 0.2) is 0 Å². The topological polar surface area (TPSA) is 38.9 Å². The van der Waals surface area contributed by atoms with E-state index < -0.39 is 0 Å². The molecule has 1 heterocycles. The summed E-state index contributed by atoms with van der Waals surface area (Å²) in [6, 6.07) is 4.59. The predicted molar refractivity (Wildman–Crippen MR) is 71.6 cm³/mol. The first-order valence-electron chi connectivity index (χ1n) is 5.18. The molecule has 1 atom stereocenters. The predicted octanol–water partition coefficient (Wildman–Crippen LogP) is 3.60. The summed E-state index contributed by atoms with van der Waals surface area (Å²) in [6.07, 6.45) is 0.567. The van der Waals surface area contributed by atoms with Crippen LogP contribution < -0.4 is 5.73 Å². The average Bonchev–Trinajstić information content (AvgIpc) is 2.63. The molecule has 0 aliphatic heterocycles. The Morgan fingerprint density at radius 3 is 2.88 bits per heavy atom. The molecule has 0 saturated heterocycles. The van der Waals surface area contributed by atoms with E-state index in [0.29, 0.717) is 12.0 Å². The van der Waals surface area contributed by atoms with Crippen LogP contribution in [-0.2, 0) is 6.42 Å². The van der Waals surface area contributed by atoms with Gasteiger partial charge in [-0.3, -0.25) is 0 Å². The highest BCUT2D eigenvalue weighted by Gasteiger charge is 2.13. The van der Waals surface area contributed by atoms with E-state index in [1.807, 2.05) is 12.3 Å². The molecule has 1 aromatic carbocycles. The van der Waals surface area contributed by atoms with Crippen molar-refractivity contribution < 1.29 is 4.39 Å². The lowest BCUT2D eigenvalue weighted by Gasteiger charge is -2.11. The highest BCUT2D eigenvalue weighted by atomic mass is 79.9. The zero-order valence-corrected chi connectivity index (χ0v) is 11.7. The largest absolute Gasteiger partial charge is 0.324 e. The van der Waals surface area contributed by atoms with E-state index >= 15 is 0 Å². The normalized spacial score (nSPS) is 12.7.